The van der Waals surface area contributed by atoms with Gasteiger partial charge in [-0.25, -0.2) is 0 Å². The zero-order valence-electron chi connectivity index (χ0n) is 9.34. The van der Waals surface area contributed by atoms with E-state index < -0.39 is 0 Å². The molecule has 1 amide bonds. The number of hydrogen-bond donors (Lipinski definition) is 2. The maximum atomic E-state index is 11.6. The summed E-state index contributed by atoms with van der Waals surface area (Å²) in [5.74, 6) is 0.140. The van der Waals surface area contributed by atoms with Gasteiger partial charge in [0.25, 0.3) is 0 Å². The Bertz CT molecular complexity index is 192. The van der Waals surface area contributed by atoms with Crippen LogP contribution in [-0.4, -0.2) is 49.1 Å². The molecule has 1 unspecified atom stereocenters. The van der Waals surface area contributed by atoms with Gasteiger partial charge in [-0.2, -0.15) is 0 Å². The van der Waals surface area contributed by atoms with Crippen LogP contribution >= 0.6 is 0 Å². The van der Waals surface area contributed by atoms with Crippen molar-refractivity contribution in [2.45, 2.75) is 32.9 Å². The summed E-state index contributed by atoms with van der Waals surface area (Å²) in [5, 5.41) is 6.09. The van der Waals surface area contributed by atoms with Crippen molar-refractivity contribution in [1.29, 1.82) is 0 Å². The van der Waals surface area contributed by atoms with E-state index in [1.165, 1.54) is 0 Å². The van der Waals surface area contributed by atoms with Gasteiger partial charge >= 0.3 is 0 Å². The average molecular weight is 199 g/mol. The van der Waals surface area contributed by atoms with Crippen LogP contribution in [0.4, 0.5) is 0 Å². The first-order valence-corrected chi connectivity index (χ1v) is 5.44. The predicted molar refractivity (Wildman–Crippen MR) is 57.2 cm³/mol. The zero-order chi connectivity index (χ0) is 10.6. The molecule has 1 heterocycles. The van der Waals surface area contributed by atoms with Crippen LogP contribution in [0.2, 0.25) is 0 Å². The van der Waals surface area contributed by atoms with E-state index in [4.69, 9.17) is 0 Å². The fourth-order valence-electron chi connectivity index (χ4n) is 1.83. The number of rotatable bonds is 5. The topological polar surface area (TPSA) is 44.4 Å². The lowest BCUT2D eigenvalue weighted by atomic mass is 10.1. The Morgan fingerprint density at radius 3 is 2.57 bits per heavy atom. The molecule has 0 aliphatic carbocycles. The fraction of sp³-hybridized carbons (Fsp3) is 0.900. The predicted octanol–water partition coefficient (Wildman–Crippen LogP) is -0.195. The van der Waals surface area contributed by atoms with Gasteiger partial charge in [0.2, 0.25) is 5.91 Å². The smallest absolute Gasteiger partial charge is 0.237 e. The number of carbonyl (C=O) groups excluding carboxylic acids is 1. The lowest BCUT2D eigenvalue weighted by molar-refractivity contribution is -0.127. The maximum Gasteiger partial charge on any atom is 0.237 e. The normalized spacial score (nSPS) is 19.1. The first kappa shape index (κ1) is 11.5. The van der Waals surface area contributed by atoms with E-state index >= 15 is 0 Å². The molecule has 1 rings (SSSR count). The van der Waals surface area contributed by atoms with E-state index in [1.54, 1.807) is 0 Å². The largest absolute Gasteiger partial charge is 0.355 e. The third kappa shape index (κ3) is 2.45. The standard InChI is InChI=1S/C10H21N3O/c1-4-12-10(14)8(3)13(5-2)9-6-11-7-9/h8-9,11H,4-7H2,1-3H3,(H,12,14). The highest BCUT2D eigenvalue weighted by Gasteiger charge is 2.29. The molecule has 1 fully saturated rings. The molecule has 82 valence electrons. The summed E-state index contributed by atoms with van der Waals surface area (Å²) >= 11 is 0. The second-order valence-electron chi connectivity index (χ2n) is 3.71. The summed E-state index contributed by atoms with van der Waals surface area (Å²) in [5.41, 5.74) is 0. The molecule has 0 saturated carbocycles. The number of nitrogens with one attached hydrogen (secondary N) is 2. The number of nitrogens with zero attached hydrogens (tertiary/aromatic N) is 1. The molecule has 1 aliphatic heterocycles. The number of hydrogen-bond acceptors (Lipinski definition) is 3. The van der Waals surface area contributed by atoms with Crippen molar-refractivity contribution in [2.24, 2.45) is 0 Å². The van der Waals surface area contributed by atoms with Gasteiger partial charge in [0.15, 0.2) is 0 Å². The Kier molecular flexibility index (Phi) is 4.35. The number of carbonyl (C=O) groups is 1. The SMILES string of the molecule is CCNC(=O)C(C)N(CC)C1CNC1. The zero-order valence-corrected chi connectivity index (χ0v) is 9.34. The Morgan fingerprint density at radius 2 is 2.21 bits per heavy atom. The summed E-state index contributed by atoms with van der Waals surface area (Å²) in [6, 6.07) is 0.532. The van der Waals surface area contributed by atoms with Gasteiger partial charge in [-0.15, -0.1) is 0 Å². The van der Waals surface area contributed by atoms with Crippen LogP contribution < -0.4 is 10.6 Å². The van der Waals surface area contributed by atoms with Crippen LogP contribution in [0.3, 0.4) is 0 Å². The molecule has 1 aliphatic rings. The van der Waals surface area contributed by atoms with Crippen LogP contribution in [0.15, 0.2) is 0 Å². The fourth-order valence-corrected chi connectivity index (χ4v) is 1.83. The minimum absolute atomic E-state index is 0.00736. The van der Waals surface area contributed by atoms with Gasteiger partial charge < -0.3 is 10.6 Å². The highest BCUT2D eigenvalue weighted by molar-refractivity contribution is 5.81. The van der Waals surface area contributed by atoms with E-state index in [0.29, 0.717) is 12.6 Å². The monoisotopic (exact) mass is 199 g/mol. The lowest BCUT2D eigenvalue weighted by Crippen LogP contribution is -2.61. The third-order valence-corrected chi connectivity index (χ3v) is 2.82. The van der Waals surface area contributed by atoms with Crippen molar-refractivity contribution in [3.05, 3.63) is 0 Å². The molecule has 14 heavy (non-hydrogen) atoms. The minimum Gasteiger partial charge on any atom is -0.355 e. The molecule has 4 nitrogen and oxygen atoms in total. The van der Waals surface area contributed by atoms with Crippen LogP contribution in [0, 0.1) is 0 Å². The first-order valence-electron chi connectivity index (χ1n) is 5.44. The van der Waals surface area contributed by atoms with Crippen LogP contribution in [-0.2, 0) is 4.79 Å². The van der Waals surface area contributed by atoms with Gasteiger partial charge in [-0.1, -0.05) is 6.92 Å². The van der Waals surface area contributed by atoms with Crippen LogP contribution in [0.5, 0.6) is 0 Å². The van der Waals surface area contributed by atoms with E-state index in [2.05, 4.69) is 22.5 Å². The van der Waals surface area contributed by atoms with Crippen molar-refractivity contribution in [1.82, 2.24) is 15.5 Å². The molecule has 4 heteroatoms. The second kappa shape index (κ2) is 5.32. The molecule has 2 N–H and O–H groups in total. The van der Waals surface area contributed by atoms with Gasteiger partial charge in [-0.05, 0) is 20.4 Å². The van der Waals surface area contributed by atoms with Gasteiger partial charge in [0, 0.05) is 25.7 Å². The molecule has 0 radical (unpaired) electrons. The Balaban J connectivity index is 2.45. The van der Waals surface area contributed by atoms with Crippen LogP contribution in [0.25, 0.3) is 0 Å². The molecule has 0 bridgehead atoms. The summed E-state index contributed by atoms with van der Waals surface area (Å²) in [4.78, 5) is 13.9. The van der Waals surface area contributed by atoms with Crippen molar-refractivity contribution >= 4 is 5.91 Å². The van der Waals surface area contributed by atoms with Gasteiger partial charge in [0.05, 0.1) is 6.04 Å². The van der Waals surface area contributed by atoms with Crippen molar-refractivity contribution in [3.8, 4) is 0 Å². The van der Waals surface area contributed by atoms with Crippen molar-refractivity contribution < 1.29 is 4.79 Å². The first-order chi connectivity index (χ1) is 6.70. The summed E-state index contributed by atoms with van der Waals surface area (Å²) in [6.07, 6.45) is 0. The average Bonchev–Trinajstić information content (AvgIpc) is 2.10. The molecular formula is C10H21N3O. The van der Waals surface area contributed by atoms with Crippen LogP contribution in [0.1, 0.15) is 20.8 Å². The molecule has 0 aromatic carbocycles. The molecule has 0 spiro atoms. The molecule has 0 aromatic heterocycles. The minimum atomic E-state index is -0.00736. The van der Waals surface area contributed by atoms with E-state index in [-0.39, 0.29) is 11.9 Å². The third-order valence-electron chi connectivity index (χ3n) is 2.82. The number of likely N-dealkylation sites (N-methyl/N-ethyl adjacent to an activating group) is 2. The Morgan fingerprint density at radius 1 is 1.57 bits per heavy atom. The highest BCUT2D eigenvalue weighted by Crippen LogP contribution is 2.09. The van der Waals surface area contributed by atoms with Crippen molar-refractivity contribution in [2.75, 3.05) is 26.2 Å². The summed E-state index contributed by atoms with van der Waals surface area (Å²) in [6.45, 7) is 9.70. The lowest BCUT2D eigenvalue weighted by Gasteiger charge is -2.40. The molecule has 0 aromatic rings. The quantitative estimate of drug-likeness (QED) is 0.645. The van der Waals surface area contributed by atoms with Gasteiger partial charge in [-0.3, -0.25) is 9.69 Å². The summed E-state index contributed by atoms with van der Waals surface area (Å²) in [7, 11) is 0. The Hall–Kier alpha value is -0.610. The number of amides is 1. The molecule has 1 saturated heterocycles. The van der Waals surface area contributed by atoms with E-state index in [9.17, 15) is 4.79 Å². The highest BCUT2D eigenvalue weighted by atomic mass is 16.2. The summed E-state index contributed by atoms with van der Waals surface area (Å²) < 4.78 is 0. The maximum absolute atomic E-state index is 11.6. The van der Waals surface area contributed by atoms with E-state index in [1.807, 2.05) is 13.8 Å². The van der Waals surface area contributed by atoms with E-state index in [0.717, 1.165) is 19.6 Å². The Labute approximate surface area is 86.0 Å². The van der Waals surface area contributed by atoms with Gasteiger partial charge in [0.1, 0.15) is 0 Å². The molecule has 1 atom stereocenters. The second-order valence-corrected chi connectivity index (χ2v) is 3.71. The van der Waals surface area contributed by atoms with Crippen molar-refractivity contribution in [3.63, 3.8) is 0 Å². The molecular weight excluding hydrogens is 178 g/mol.